The second-order valence-electron chi connectivity index (χ2n) is 4.11. The molecular weight excluding hydrogens is 244 g/mol. The molecule has 0 bridgehead atoms. The molecule has 2 aromatic rings. The zero-order chi connectivity index (χ0) is 13.4. The Kier molecular flexibility index (Phi) is 2.60. The Bertz CT molecular complexity index is 635. The van der Waals surface area contributed by atoms with E-state index in [9.17, 15) is 0 Å². The molecule has 0 fully saturated rings. The van der Waals surface area contributed by atoms with Crippen LogP contribution in [-0.2, 0) is 0 Å². The van der Waals surface area contributed by atoms with Gasteiger partial charge in [0.1, 0.15) is 11.9 Å². The standard InChI is InChI=1S/C12H14N6O/c1-19-9-5-3-2-4-8(9)17-6-7-18-11(10(17)13)15-16-12(18)14/h2-7,10H,13H2,1H3,(H2,14,16). The predicted octanol–water partition coefficient (Wildman–Crippen LogP) is 0.775. The molecule has 0 saturated carbocycles. The highest BCUT2D eigenvalue weighted by molar-refractivity contribution is 5.64. The number of ether oxygens (including phenoxy) is 1. The summed E-state index contributed by atoms with van der Waals surface area (Å²) in [6, 6.07) is 7.64. The van der Waals surface area contributed by atoms with E-state index < -0.39 is 6.17 Å². The van der Waals surface area contributed by atoms with E-state index in [4.69, 9.17) is 16.2 Å². The molecule has 7 heteroatoms. The smallest absolute Gasteiger partial charge is 0.226 e. The summed E-state index contributed by atoms with van der Waals surface area (Å²) in [7, 11) is 1.62. The van der Waals surface area contributed by atoms with Crippen molar-refractivity contribution >= 4 is 17.8 Å². The number of methoxy groups -OCH3 is 1. The molecule has 19 heavy (non-hydrogen) atoms. The molecule has 1 atom stereocenters. The number of anilines is 2. The zero-order valence-electron chi connectivity index (χ0n) is 10.4. The molecule has 4 N–H and O–H groups in total. The Morgan fingerprint density at radius 1 is 1.21 bits per heavy atom. The largest absolute Gasteiger partial charge is 0.495 e. The lowest BCUT2D eigenvalue weighted by molar-refractivity contribution is 0.413. The van der Waals surface area contributed by atoms with Gasteiger partial charge < -0.3 is 21.1 Å². The first-order chi connectivity index (χ1) is 9.22. The third kappa shape index (κ3) is 1.71. The van der Waals surface area contributed by atoms with Gasteiger partial charge in [0.2, 0.25) is 5.95 Å². The Balaban J connectivity index is 2.05. The van der Waals surface area contributed by atoms with Gasteiger partial charge in [-0.3, -0.25) is 4.57 Å². The highest BCUT2D eigenvalue weighted by atomic mass is 16.5. The van der Waals surface area contributed by atoms with Crippen LogP contribution in [0.25, 0.3) is 6.20 Å². The Hall–Kier alpha value is -2.54. The van der Waals surface area contributed by atoms with Crippen molar-refractivity contribution in [2.24, 2.45) is 5.73 Å². The maximum atomic E-state index is 6.20. The first kappa shape index (κ1) is 11.5. The summed E-state index contributed by atoms with van der Waals surface area (Å²) in [6.07, 6.45) is 3.14. The van der Waals surface area contributed by atoms with Crippen molar-refractivity contribution in [1.82, 2.24) is 14.8 Å². The topological polar surface area (TPSA) is 95.2 Å². The summed E-state index contributed by atoms with van der Waals surface area (Å²) >= 11 is 0. The van der Waals surface area contributed by atoms with E-state index in [0.29, 0.717) is 11.8 Å². The SMILES string of the molecule is COc1ccccc1N1C=Cn2c(N)nnc2C1N. The summed E-state index contributed by atoms with van der Waals surface area (Å²) < 4.78 is 7.00. The van der Waals surface area contributed by atoms with Crippen LogP contribution in [-0.4, -0.2) is 21.9 Å². The predicted molar refractivity (Wildman–Crippen MR) is 72.2 cm³/mol. The zero-order valence-corrected chi connectivity index (χ0v) is 10.4. The van der Waals surface area contributed by atoms with Crippen LogP contribution in [0.2, 0.25) is 0 Å². The number of hydrogen-bond acceptors (Lipinski definition) is 6. The van der Waals surface area contributed by atoms with Crippen LogP contribution in [0.3, 0.4) is 0 Å². The minimum atomic E-state index is -0.467. The maximum absolute atomic E-state index is 6.20. The number of nitrogens with zero attached hydrogens (tertiary/aromatic N) is 4. The highest BCUT2D eigenvalue weighted by Crippen LogP contribution is 2.34. The van der Waals surface area contributed by atoms with Gasteiger partial charge in [-0.15, -0.1) is 10.2 Å². The van der Waals surface area contributed by atoms with Crippen molar-refractivity contribution in [3.63, 3.8) is 0 Å². The van der Waals surface area contributed by atoms with Crippen molar-refractivity contribution in [3.8, 4) is 5.75 Å². The van der Waals surface area contributed by atoms with Crippen molar-refractivity contribution in [2.75, 3.05) is 17.7 Å². The fourth-order valence-corrected chi connectivity index (χ4v) is 2.10. The molecule has 3 rings (SSSR count). The number of rotatable bonds is 2. The third-order valence-corrected chi connectivity index (χ3v) is 3.05. The molecular formula is C12H14N6O. The molecule has 98 valence electrons. The summed E-state index contributed by atoms with van der Waals surface area (Å²) in [5.74, 6) is 1.65. The van der Waals surface area contributed by atoms with Crippen molar-refractivity contribution in [2.45, 2.75) is 6.17 Å². The van der Waals surface area contributed by atoms with Crippen LogP contribution >= 0.6 is 0 Å². The normalized spacial score (nSPS) is 17.4. The van der Waals surface area contributed by atoms with Gasteiger partial charge in [-0.2, -0.15) is 0 Å². The number of fused-ring (bicyclic) bond motifs is 1. The summed E-state index contributed by atoms with van der Waals surface area (Å²) in [5, 5.41) is 7.82. The number of hydrogen-bond donors (Lipinski definition) is 2. The van der Waals surface area contributed by atoms with Gasteiger partial charge >= 0.3 is 0 Å². The van der Waals surface area contributed by atoms with Crippen molar-refractivity contribution in [3.05, 3.63) is 36.3 Å². The van der Waals surface area contributed by atoms with Gasteiger partial charge in [0.25, 0.3) is 0 Å². The fraction of sp³-hybridized carbons (Fsp3) is 0.167. The second-order valence-corrected chi connectivity index (χ2v) is 4.11. The number of para-hydroxylation sites is 2. The van der Waals surface area contributed by atoms with Crippen LogP contribution in [0.1, 0.15) is 12.0 Å². The van der Waals surface area contributed by atoms with Crippen LogP contribution in [0, 0.1) is 0 Å². The van der Waals surface area contributed by atoms with E-state index in [2.05, 4.69) is 10.2 Å². The number of benzene rings is 1. The third-order valence-electron chi connectivity index (χ3n) is 3.05. The molecule has 1 aromatic carbocycles. The van der Waals surface area contributed by atoms with Gasteiger partial charge in [0.05, 0.1) is 12.8 Å². The molecule has 7 nitrogen and oxygen atoms in total. The number of nitrogens with two attached hydrogens (primary N) is 2. The van der Waals surface area contributed by atoms with E-state index in [1.54, 1.807) is 17.9 Å². The molecule has 1 aliphatic heterocycles. The van der Waals surface area contributed by atoms with Gasteiger partial charge in [-0.1, -0.05) is 12.1 Å². The molecule has 1 unspecified atom stereocenters. The molecule has 1 aromatic heterocycles. The lowest BCUT2D eigenvalue weighted by Gasteiger charge is -2.30. The molecule has 0 aliphatic carbocycles. The van der Waals surface area contributed by atoms with E-state index in [-0.39, 0.29) is 0 Å². The van der Waals surface area contributed by atoms with Crippen molar-refractivity contribution in [1.29, 1.82) is 0 Å². The molecule has 2 heterocycles. The lowest BCUT2D eigenvalue weighted by Crippen LogP contribution is -2.35. The Morgan fingerprint density at radius 2 is 2.00 bits per heavy atom. The Labute approximate surface area is 110 Å². The van der Waals surface area contributed by atoms with Crippen LogP contribution < -0.4 is 21.1 Å². The quantitative estimate of drug-likeness (QED) is 0.826. The van der Waals surface area contributed by atoms with Gasteiger partial charge in [0, 0.05) is 12.4 Å². The average Bonchev–Trinajstić information content (AvgIpc) is 2.82. The van der Waals surface area contributed by atoms with Crippen LogP contribution in [0.15, 0.2) is 30.5 Å². The van der Waals surface area contributed by atoms with E-state index in [0.717, 1.165) is 11.4 Å². The summed E-state index contributed by atoms with van der Waals surface area (Å²) in [5.41, 5.74) is 12.8. The molecule has 0 radical (unpaired) electrons. The molecule has 0 saturated heterocycles. The maximum Gasteiger partial charge on any atom is 0.226 e. The second kappa shape index (κ2) is 4.29. The van der Waals surface area contributed by atoms with Crippen LogP contribution in [0.4, 0.5) is 11.6 Å². The van der Waals surface area contributed by atoms with E-state index in [1.807, 2.05) is 35.4 Å². The number of nitrogen functional groups attached to an aromatic ring is 1. The first-order valence-electron chi connectivity index (χ1n) is 5.78. The lowest BCUT2D eigenvalue weighted by atomic mass is 10.2. The van der Waals surface area contributed by atoms with E-state index >= 15 is 0 Å². The average molecular weight is 258 g/mol. The first-order valence-corrected chi connectivity index (χ1v) is 5.78. The minimum Gasteiger partial charge on any atom is -0.495 e. The van der Waals surface area contributed by atoms with Crippen LogP contribution in [0.5, 0.6) is 5.75 Å². The molecule has 1 aliphatic rings. The van der Waals surface area contributed by atoms with E-state index in [1.165, 1.54) is 0 Å². The summed E-state index contributed by atoms with van der Waals surface area (Å²) in [4.78, 5) is 1.86. The van der Waals surface area contributed by atoms with Gasteiger partial charge in [0.15, 0.2) is 5.82 Å². The van der Waals surface area contributed by atoms with Crippen molar-refractivity contribution < 1.29 is 4.74 Å². The molecule has 0 amide bonds. The summed E-state index contributed by atoms with van der Waals surface area (Å²) in [6.45, 7) is 0. The number of aromatic nitrogens is 3. The van der Waals surface area contributed by atoms with Gasteiger partial charge in [-0.25, -0.2) is 0 Å². The fourth-order valence-electron chi connectivity index (χ4n) is 2.10. The molecule has 0 spiro atoms. The van der Waals surface area contributed by atoms with Gasteiger partial charge in [-0.05, 0) is 12.1 Å². The Morgan fingerprint density at radius 3 is 2.79 bits per heavy atom. The highest BCUT2D eigenvalue weighted by Gasteiger charge is 2.26. The monoisotopic (exact) mass is 258 g/mol. The minimum absolute atomic E-state index is 0.321.